The molecule has 0 aliphatic heterocycles. The van der Waals surface area contributed by atoms with Crippen LogP contribution in [0.4, 0.5) is 16.0 Å². The Bertz CT molecular complexity index is 1340. The number of nitrogens with one attached hydrogen (secondary N) is 2. The minimum atomic E-state index is -0.474. The Morgan fingerprint density at radius 1 is 0.972 bits per heavy atom. The molecule has 2 heterocycles. The molecule has 0 bridgehead atoms. The smallest absolute Gasteiger partial charge is 0.223 e. The second kappa shape index (κ2) is 11.7. The molecule has 4 aromatic rings. The summed E-state index contributed by atoms with van der Waals surface area (Å²) in [7, 11) is 0. The molecule has 1 aliphatic rings. The van der Waals surface area contributed by atoms with Gasteiger partial charge in [-0.25, -0.2) is 14.4 Å². The van der Waals surface area contributed by atoms with Gasteiger partial charge in [-0.1, -0.05) is 31.4 Å². The summed E-state index contributed by atoms with van der Waals surface area (Å²) in [5.74, 6) is 0.694. The van der Waals surface area contributed by atoms with E-state index < -0.39 is 5.82 Å². The van der Waals surface area contributed by atoms with Gasteiger partial charge in [0.15, 0.2) is 11.6 Å². The van der Waals surface area contributed by atoms with Crippen molar-refractivity contribution in [2.24, 2.45) is 0 Å². The number of hydrogen-bond acceptors (Lipinski definition) is 7. The molecule has 0 atom stereocenters. The van der Waals surface area contributed by atoms with E-state index in [9.17, 15) is 4.39 Å². The summed E-state index contributed by atoms with van der Waals surface area (Å²) in [6.45, 7) is 0. The van der Waals surface area contributed by atoms with E-state index in [-0.39, 0.29) is 5.75 Å². The van der Waals surface area contributed by atoms with Crippen molar-refractivity contribution in [3.63, 3.8) is 0 Å². The average molecular weight is 567 g/mol. The number of aromatic nitrogens is 3. The summed E-state index contributed by atoms with van der Waals surface area (Å²) in [5.41, 5.74) is 1.96. The molecule has 1 aliphatic carbocycles. The number of ether oxygens (including phenoxy) is 1. The zero-order chi connectivity index (χ0) is 24.7. The van der Waals surface area contributed by atoms with E-state index in [1.54, 1.807) is 42.9 Å². The zero-order valence-corrected chi connectivity index (χ0v) is 21.9. The van der Waals surface area contributed by atoms with E-state index in [1.807, 2.05) is 24.3 Å². The third kappa shape index (κ3) is 6.14. The molecule has 2 aromatic heterocycles. The maximum atomic E-state index is 15.0. The van der Waals surface area contributed by atoms with Crippen LogP contribution in [-0.4, -0.2) is 21.0 Å². The minimum absolute atomic E-state index is 0.119. The lowest BCUT2D eigenvalue weighted by molar-refractivity contribution is 0.443. The molecule has 0 amide bonds. The summed E-state index contributed by atoms with van der Waals surface area (Å²) >= 11 is 4.91. The molecular weight excluding hydrogens is 541 g/mol. The molecular formula is C27H25BrFN5OS. The van der Waals surface area contributed by atoms with Crippen molar-refractivity contribution >= 4 is 39.5 Å². The molecule has 2 N–H and O–H groups in total. The van der Waals surface area contributed by atoms with Crippen LogP contribution >= 0.6 is 27.9 Å². The average Bonchev–Trinajstić information content (AvgIpc) is 2.91. The van der Waals surface area contributed by atoms with Gasteiger partial charge in [-0.05, 0) is 77.1 Å². The van der Waals surface area contributed by atoms with Crippen molar-refractivity contribution in [2.75, 3.05) is 10.0 Å². The van der Waals surface area contributed by atoms with E-state index in [4.69, 9.17) is 4.74 Å². The van der Waals surface area contributed by atoms with Crippen molar-refractivity contribution in [1.29, 1.82) is 0 Å². The van der Waals surface area contributed by atoms with Gasteiger partial charge < -0.3 is 14.8 Å². The molecule has 0 spiro atoms. The first kappa shape index (κ1) is 24.5. The predicted molar refractivity (Wildman–Crippen MR) is 146 cm³/mol. The van der Waals surface area contributed by atoms with Gasteiger partial charge in [0.1, 0.15) is 5.75 Å². The standard InChI is InChI=1S/C27H25BrFN5OS/c28-21-8-4-5-9-26(21)36-34-19-10-11-25(22(29)16-19)35-24-13-14-30-17-20(24)23-12-15-31-27(33-23)32-18-6-2-1-3-7-18/h4-5,8-18,34H,1-3,6-7H2,(H,31,32,33). The Morgan fingerprint density at radius 2 is 1.83 bits per heavy atom. The quantitative estimate of drug-likeness (QED) is 0.209. The highest BCUT2D eigenvalue weighted by Crippen LogP contribution is 2.35. The monoisotopic (exact) mass is 565 g/mol. The fourth-order valence-corrected chi connectivity index (χ4v) is 5.27. The minimum Gasteiger partial charge on any atom is -0.453 e. The molecule has 0 unspecified atom stereocenters. The molecule has 0 radical (unpaired) electrons. The van der Waals surface area contributed by atoms with E-state index >= 15 is 0 Å². The summed E-state index contributed by atoms with van der Waals surface area (Å²) in [5, 5.41) is 3.45. The Morgan fingerprint density at radius 3 is 2.67 bits per heavy atom. The van der Waals surface area contributed by atoms with Crippen LogP contribution in [0.25, 0.3) is 11.3 Å². The number of halogens is 2. The number of hydrogen-bond donors (Lipinski definition) is 2. The topological polar surface area (TPSA) is 72.0 Å². The van der Waals surface area contributed by atoms with Gasteiger partial charge in [0, 0.05) is 45.8 Å². The predicted octanol–water partition coefficient (Wildman–Crippen LogP) is 8.10. The third-order valence-corrected chi connectivity index (χ3v) is 7.79. The highest BCUT2D eigenvalue weighted by atomic mass is 79.9. The first-order valence-electron chi connectivity index (χ1n) is 11.8. The summed E-state index contributed by atoms with van der Waals surface area (Å²) in [4.78, 5) is 14.3. The van der Waals surface area contributed by atoms with Gasteiger partial charge in [-0.3, -0.25) is 4.98 Å². The SMILES string of the molecule is Fc1cc(NSc2ccccc2Br)ccc1Oc1ccncc1-c1ccnc(NC2CCCCC2)n1. The first-order valence-corrected chi connectivity index (χ1v) is 13.5. The van der Waals surface area contributed by atoms with Crippen molar-refractivity contribution in [3.8, 4) is 22.8 Å². The molecule has 1 fully saturated rings. The van der Waals surface area contributed by atoms with Crippen LogP contribution in [0.1, 0.15) is 32.1 Å². The second-order valence-corrected chi connectivity index (χ2v) is 10.2. The van der Waals surface area contributed by atoms with Crippen LogP contribution in [0.2, 0.25) is 0 Å². The van der Waals surface area contributed by atoms with Crippen LogP contribution < -0.4 is 14.8 Å². The number of benzene rings is 2. The molecule has 2 aromatic carbocycles. The molecule has 36 heavy (non-hydrogen) atoms. The van der Waals surface area contributed by atoms with Crippen molar-refractivity contribution in [2.45, 2.75) is 43.0 Å². The highest BCUT2D eigenvalue weighted by molar-refractivity contribution is 9.10. The molecule has 6 nitrogen and oxygen atoms in total. The summed E-state index contributed by atoms with van der Waals surface area (Å²) in [6.07, 6.45) is 11.0. The van der Waals surface area contributed by atoms with E-state index in [2.05, 4.69) is 40.9 Å². The number of pyridine rings is 1. The summed E-state index contributed by atoms with van der Waals surface area (Å²) in [6, 6.07) is 16.5. The van der Waals surface area contributed by atoms with Crippen LogP contribution in [0, 0.1) is 5.82 Å². The molecule has 9 heteroatoms. The Kier molecular flexibility index (Phi) is 7.98. The van der Waals surface area contributed by atoms with Crippen LogP contribution in [0.15, 0.2) is 82.6 Å². The molecule has 5 rings (SSSR count). The highest BCUT2D eigenvalue weighted by Gasteiger charge is 2.16. The number of nitrogens with zero attached hydrogens (tertiary/aromatic N) is 3. The maximum Gasteiger partial charge on any atom is 0.223 e. The van der Waals surface area contributed by atoms with E-state index in [0.29, 0.717) is 34.7 Å². The van der Waals surface area contributed by atoms with Crippen LogP contribution in [0.5, 0.6) is 11.5 Å². The van der Waals surface area contributed by atoms with Crippen LogP contribution in [0.3, 0.4) is 0 Å². The Balaban J connectivity index is 1.31. The summed E-state index contributed by atoms with van der Waals surface area (Å²) < 4.78 is 25.1. The third-order valence-electron chi connectivity index (χ3n) is 5.92. The Labute approximate surface area is 222 Å². The number of rotatable bonds is 8. The van der Waals surface area contributed by atoms with Crippen molar-refractivity contribution < 1.29 is 9.13 Å². The first-order chi connectivity index (χ1) is 17.7. The largest absolute Gasteiger partial charge is 0.453 e. The van der Waals surface area contributed by atoms with Crippen LogP contribution in [-0.2, 0) is 0 Å². The van der Waals surface area contributed by atoms with Gasteiger partial charge in [-0.15, -0.1) is 0 Å². The fourth-order valence-electron chi connectivity index (χ4n) is 4.08. The molecule has 0 saturated heterocycles. The maximum absolute atomic E-state index is 15.0. The lowest BCUT2D eigenvalue weighted by Gasteiger charge is -2.22. The van der Waals surface area contributed by atoms with E-state index in [0.717, 1.165) is 22.2 Å². The van der Waals surface area contributed by atoms with Crippen molar-refractivity contribution in [3.05, 3.63) is 83.5 Å². The van der Waals surface area contributed by atoms with E-state index in [1.165, 1.54) is 37.3 Å². The van der Waals surface area contributed by atoms with Gasteiger partial charge in [-0.2, -0.15) is 0 Å². The molecule has 1 saturated carbocycles. The lowest BCUT2D eigenvalue weighted by Crippen LogP contribution is -2.23. The molecule has 184 valence electrons. The lowest BCUT2D eigenvalue weighted by atomic mass is 9.96. The second-order valence-electron chi connectivity index (χ2n) is 8.50. The zero-order valence-electron chi connectivity index (χ0n) is 19.5. The Hall–Kier alpha value is -3.17. The normalized spacial score (nSPS) is 13.8. The van der Waals surface area contributed by atoms with Crippen molar-refractivity contribution in [1.82, 2.24) is 15.0 Å². The van der Waals surface area contributed by atoms with Gasteiger partial charge in [0.2, 0.25) is 5.95 Å². The number of anilines is 2. The van der Waals surface area contributed by atoms with Gasteiger partial charge in [0.05, 0.1) is 11.3 Å². The van der Waals surface area contributed by atoms with Gasteiger partial charge >= 0.3 is 0 Å². The van der Waals surface area contributed by atoms with Gasteiger partial charge in [0.25, 0.3) is 0 Å². The fraction of sp³-hybridized carbons (Fsp3) is 0.222.